The molecule has 9 heteroatoms. The third-order valence-electron chi connectivity index (χ3n) is 4.60. The number of halogens is 2. The standard InChI is InChI=1S/C15H21Cl2N5O2/c1-14(2,3)24-13(23)22-6-4-15(5-7-22)8-18-10(15)9-11(16)20-21-12(17)19-9/h10,18H,4-8H2,1-3H3. The fraction of sp³-hybridized carbons (Fsp3) is 0.733. The van der Waals surface area contributed by atoms with Crippen molar-refractivity contribution in [3.63, 3.8) is 0 Å². The molecule has 0 bridgehead atoms. The fourth-order valence-corrected chi connectivity index (χ4v) is 3.61. The molecule has 0 aliphatic carbocycles. The Bertz CT molecular complexity index is 641. The molecule has 3 heterocycles. The van der Waals surface area contributed by atoms with Crippen LogP contribution in [0.25, 0.3) is 0 Å². The van der Waals surface area contributed by atoms with Gasteiger partial charge in [0.2, 0.25) is 5.28 Å². The largest absolute Gasteiger partial charge is 0.444 e. The monoisotopic (exact) mass is 373 g/mol. The molecule has 132 valence electrons. The van der Waals surface area contributed by atoms with E-state index in [9.17, 15) is 4.79 Å². The van der Waals surface area contributed by atoms with Gasteiger partial charge in [0.05, 0.1) is 6.04 Å². The SMILES string of the molecule is CC(C)(C)OC(=O)N1CCC2(CC1)CNC2c1nc(Cl)nnc1Cl. The van der Waals surface area contributed by atoms with E-state index in [1.54, 1.807) is 4.90 Å². The van der Waals surface area contributed by atoms with Gasteiger partial charge in [0, 0.05) is 25.0 Å². The summed E-state index contributed by atoms with van der Waals surface area (Å²) in [6.45, 7) is 7.77. The first kappa shape index (κ1) is 17.6. The Balaban J connectivity index is 1.67. The lowest BCUT2D eigenvalue weighted by Gasteiger charge is -2.54. The number of rotatable bonds is 1. The number of hydrogen-bond acceptors (Lipinski definition) is 6. The lowest BCUT2D eigenvalue weighted by molar-refractivity contribution is -0.0191. The predicted octanol–water partition coefficient (Wildman–Crippen LogP) is 2.84. The van der Waals surface area contributed by atoms with Crippen LogP contribution in [0.3, 0.4) is 0 Å². The van der Waals surface area contributed by atoms with Gasteiger partial charge in [0.25, 0.3) is 0 Å². The molecule has 0 radical (unpaired) electrons. The van der Waals surface area contributed by atoms with Gasteiger partial charge in [0.15, 0.2) is 5.15 Å². The van der Waals surface area contributed by atoms with Crippen LogP contribution in [0.2, 0.25) is 10.4 Å². The molecular weight excluding hydrogens is 353 g/mol. The summed E-state index contributed by atoms with van der Waals surface area (Å²) in [6, 6.07) is -0.0150. The van der Waals surface area contributed by atoms with Crippen LogP contribution < -0.4 is 5.32 Å². The lowest BCUT2D eigenvalue weighted by Crippen LogP contribution is -2.61. The summed E-state index contributed by atoms with van der Waals surface area (Å²) in [7, 11) is 0. The molecule has 1 unspecified atom stereocenters. The van der Waals surface area contributed by atoms with E-state index in [1.807, 2.05) is 20.8 Å². The minimum absolute atomic E-state index is 0.0150. The molecule has 2 aliphatic rings. The van der Waals surface area contributed by atoms with Crippen molar-refractivity contribution in [1.82, 2.24) is 25.4 Å². The smallest absolute Gasteiger partial charge is 0.410 e. The summed E-state index contributed by atoms with van der Waals surface area (Å²) in [6.07, 6.45) is 1.44. The van der Waals surface area contributed by atoms with Crippen molar-refractivity contribution in [2.24, 2.45) is 5.41 Å². The number of nitrogens with zero attached hydrogens (tertiary/aromatic N) is 4. The van der Waals surface area contributed by atoms with Crippen LogP contribution in [0.5, 0.6) is 0 Å². The van der Waals surface area contributed by atoms with Gasteiger partial charge in [0.1, 0.15) is 11.3 Å². The van der Waals surface area contributed by atoms with Crippen LogP contribution in [0.1, 0.15) is 45.3 Å². The molecule has 1 spiro atoms. The quantitative estimate of drug-likeness (QED) is 0.814. The van der Waals surface area contributed by atoms with Crippen LogP contribution >= 0.6 is 23.2 Å². The van der Waals surface area contributed by atoms with Gasteiger partial charge in [-0.05, 0) is 45.2 Å². The number of carbonyl (C=O) groups excluding carboxylic acids is 1. The minimum Gasteiger partial charge on any atom is -0.444 e. The van der Waals surface area contributed by atoms with E-state index in [0.717, 1.165) is 19.4 Å². The first-order chi connectivity index (χ1) is 11.2. The van der Waals surface area contributed by atoms with Gasteiger partial charge < -0.3 is 15.0 Å². The Morgan fingerprint density at radius 3 is 2.50 bits per heavy atom. The number of carbonyl (C=O) groups is 1. The third kappa shape index (κ3) is 3.43. The third-order valence-corrected chi connectivity index (χ3v) is 5.03. The maximum Gasteiger partial charge on any atom is 0.410 e. The topological polar surface area (TPSA) is 80.2 Å². The summed E-state index contributed by atoms with van der Waals surface area (Å²) in [5, 5.41) is 11.2. The number of ether oxygens (including phenoxy) is 1. The molecule has 2 aliphatic heterocycles. The number of nitrogens with one attached hydrogen (secondary N) is 1. The van der Waals surface area contributed by atoms with Crippen LogP contribution in [0.15, 0.2) is 0 Å². The second-order valence-corrected chi connectivity index (χ2v) is 8.10. The van der Waals surface area contributed by atoms with Crippen LogP contribution in [-0.4, -0.2) is 51.4 Å². The zero-order valence-corrected chi connectivity index (χ0v) is 15.5. The molecule has 1 aromatic rings. The highest BCUT2D eigenvalue weighted by atomic mass is 35.5. The van der Waals surface area contributed by atoms with Crippen molar-refractivity contribution in [2.45, 2.75) is 45.3 Å². The van der Waals surface area contributed by atoms with Crippen molar-refractivity contribution in [3.8, 4) is 0 Å². The maximum absolute atomic E-state index is 12.2. The number of hydrogen-bond donors (Lipinski definition) is 1. The molecular formula is C15H21Cl2N5O2. The Hall–Kier alpha value is -1.18. The molecule has 1 N–H and O–H groups in total. The fourth-order valence-electron chi connectivity index (χ4n) is 3.29. The predicted molar refractivity (Wildman–Crippen MR) is 90.1 cm³/mol. The van der Waals surface area contributed by atoms with E-state index in [2.05, 4.69) is 20.5 Å². The molecule has 24 heavy (non-hydrogen) atoms. The van der Waals surface area contributed by atoms with Crippen molar-refractivity contribution < 1.29 is 9.53 Å². The highest BCUT2D eigenvalue weighted by Gasteiger charge is 2.51. The number of piperidine rings is 1. The van der Waals surface area contributed by atoms with Crippen molar-refractivity contribution >= 4 is 29.3 Å². The van der Waals surface area contributed by atoms with Crippen molar-refractivity contribution in [2.75, 3.05) is 19.6 Å². The summed E-state index contributed by atoms with van der Waals surface area (Å²) < 4.78 is 5.45. The first-order valence-corrected chi connectivity index (χ1v) is 8.73. The summed E-state index contributed by atoms with van der Waals surface area (Å²) in [4.78, 5) is 18.2. The Morgan fingerprint density at radius 1 is 1.29 bits per heavy atom. The first-order valence-electron chi connectivity index (χ1n) is 7.97. The minimum atomic E-state index is -0.482. The second-order valence-electron chi connectivity index (χ2n) is 7.40. The number of aromatic nitrogens is 3. The molecule has 0 saturated carbocycles. The van der Waals surface area contributed by atoms with Crippen LogP contribution in [0, 0.1) is 5.41 Å². The molecule has 3 rings (SSSR count). The van der Waals surface area contributed by atoms with Crippen molar-refractivity contribution in [3.05, 3.63) is 16.1 Å². The molecule has 0 aromatic carbocycles. The number of likely N-dealkylation sites (tertiary alicyclic amines) is 1. The van der Waals surface area contributed by atoms with E-state index in [0.29, 0.717) is 18.8 Å². The van der Waals surface area contributed by atoms with Crippen molar-refractivity contribution in [1.29, 1.82) is 0 Å². The van der Waals surface area contributed by atoms with Crippen LogP contribution in [0.4, 0.5) is 4.79 Å². The Morgan fingerprint density at radius 2 is 1.96 bits per heavy atom. The average Bonchev–Trinajstić information content (AvgIpc) is 2.48. The van der Waals surface area contributed by atoms with Gasteiger partial charge in [-0.15, -0.1) is 10.2 Å². The normalized spacial score (nSPS) is 23.0. The second kappa shape index (κ2) is 6.28. The number of amides is 1. The van der Waals surface area contributed by atoms with Gasteiger partial charge in [-0.3, -0.25) is 0 Å². The van der Waals surface area contributed by atoms with E-state index < -0.39 is 5.60 Å². The molecule has 2 saturated heterocycles. The van der Waals surface area contributed by atoms with E-state index in [4.69, 9.17) is 27.9 Å². The lowest BCUT2D eigenvalue weighted by atomic mass is 9.66. The molecule has 1 amide bonds. The summed E-state index contributed by atoms with van der Waals surface area (Å²) in [5.41, 5.74) is 0.166. The Kier molecular flexibility index (Phi) is 4.61. The van der Waals surface area contributed by atoms with Gasteiger partial charge >= 0.3 is 6.09 Å². The van der Waals surface area contributed by atoms with Gasteiger partial charge in [-0.1, -0.05) is 11.6 Å². The summed E-state index contributed by atoms with van der Waals surface area (Å²) in [5.74, 6) is 0. The molecule has 7 nitrogen and oxygen atoms in total. The average molecular weight is 374 g/mol. The maximum atomic E-state index is 12.2. The Labute approximate surface area is 151 Å². The zero-order valence-electron chi connectivity index (χ0n) is 14.0. The highest BCUT2D eigenvalue weighted by Crippen LogP contribution is 2.49. The molecule has 1 aromatic heterocycles. The van der Waals surface area contributed by atoms with Gasteiger partial charge in [-0.25, -0.2) is 9.78 Å². The molecule has 2 fully saturated rings. The van der Waals surface area contributed by atoms with E-state index in [-0.39, 0.29) is 28.0 Å². The highest BCUT2D eigenvalue weighted by molar-refractivity contribution is 6.30. The summed E-state index contributed by atoms with van der Waals surface area (Å²) >= 11 is 12.0. The zero-order chi connectivity index (χ0) is 17.5. The molecule has 1 atom stereocenters. The van der Waals surface area contributed by atoms with E-state index in [1.165, 1.54) is 0 Å². The van der Waals surface area contributed by atoms with Gasteiger partial charge in [-0.2, -0.15) is 0 Å². The van der Waals surface area contributed by atoms with Crippen LogP contribution in [-0.2, 0) is 4.74 Å². The van der Waals surface area contributed by atoms with E-state index >= 15 is 0 Å².